The Hall–Kier alpha value is -3.98. The molecule has 1 saturated heterocycles. The first-order valence-corrected chi connectivity index (χ1v) is 9.85. The molecule has 2 aromatic carbocycles. The van der Waals surface area contributed by atoms with Gasteiger partial charge in [-0.3, -0.25) is 4.79 Å². The average Bonchev–Trinajstić information content (AvgIpc) is 3.35. The second-order valence-electron chi connectivity index (χ2n) is 6.39. The molecule has 1 aliphatic heterocycles. The first kappa shape index (κ1) is 20.3. The zero-order valence-electron chi connectivity index (χ0n) is 16.2. The molecule has 2 heterocycles. The largest absolute Gasteiger partial charge is 0.507 e. The topological polar surface area (TPSA) is 121 Å². The maximum atomic E-state index is 12.3. The van der Waals surface area contributed by atoms with Crippen LogP contribution in [0.1, 0.15) is 16.1 Å². The van der Waals surface area contributed by atoms with Gasteiger partial charge in [0.1, 0.15) is 34.3 Å². The molecule has 0 radical (unpaired) electrons. The quantitative estimate of drug-likeness (QED) is 0.511. The number of aromatic hydroxyl groups is 1. The Morgan fingerprint density at radius 3 is 2.77 bits per heavy atom. The number of furan rings is 1. The summed E-state index contributed by atoms with van der Waals surface area (Å²) in [5.41, 5.74) is 0.856. The van der Waals surface area contributed by atoms with Crippen molar-refractivity contribution >= 4 is 40.6 Å². The minimum atomic E-state index is -1.24. The summed E-state index contributed by atoms with van der Waals surface area (Å²) in [6, 6.07) is 14.7. The van der Waals surface area contributed by atoms with Crippen molar-refractivity contribution in [1.82, 2.24) is 5.32 Å². The lowest BCUT2D eigenvalue weighted by Crippen LogP contribution is -2.19. The van der Waals surface area contributed by atoms with E-state index in [-0.39, 0.29) is 17.2 Å². The van der Waals surface area contributed by atoms with Crippen molar-refractivity contribution in [3.8, 4) is 22.8 Å². The number of benzene rings is 2. The number of phenols is 1. The molecule has 1 aromatic heterocycles. The van der Waals surface area contributed by atoms with Gasteiger partial charge in [0.05, 0.1) is 12.0 Å². The van der Waals surface area contributed by atoms with Crippen molar-refractivity contribution in [2.24, 2.45) is 4.99 Å². The first-order valence-electron chi connectivity index (χ1n) is 9.03. The summed E-state index contributed by atoms with van der Waals surface area (Å²) >= 11 is 1.17. The normalized spacial score (nSPS) is 16.0. The number of aromatic carboxylic acids is 1. The highest BCUT2D eigenvalue weighted by Gasteiger charge is 2.25. The number of para-hydroxylation sites is 2. The Morgan fingerprint density at radius 2 is 2.00 bits per heavy atom. The van der Waals surface area contributed by atoms with Gasteiger partial charge in [-0.1, -0.05) is 12.1 Å². The Bertz CT molecular complexity index is 1240. The molecule has 0 aliphatic carbocycles. The molecule has 0 atom stereocenters. The molecular formula is C22H16N2O6S. The van der Waals surface area contributed by atoms with Gasteiger partial charge in [-0.15, -0.1) is 0 Å². The van der Waals surface area contributed by atoms with Crippen LogP contribution in [-0.4, -0.2) is 34.4 Å². The van der Waals surface area contributed by atoms with E-state index in [0.29, 0.717) is 38.6 Å². The molecule has 4 rings (SSSR count). The molecule has 3 N–H and O–H groups in total. The van der Waals surface area contributed by atoms with Crippen LogP contribution in [0.5, 0.6) is 11.5 Å². The molecule has 1 amide bonds. The number of amides is 1. The number of nitrogens with zero attached hydrogens (tertiary/aromatic N) is 1. The molecule has 0 spiro atoms. The highest BCUT2D eigenvalue weighted by Crippen LogP contribution is 2.33. The highest BCUT2D eigenvalue weighted by molar-refractivity contribution is 8.18. The van der Waals surface area contributed by atoms with E-state index in [4.69, 9.17) is 14.3 Å². The number of methoxy groups -OCH3 is 1. The second-order valence-corrected chi connectivity index (χ2v) is 7.42. The van der Waals surface area contributed by atoms with Crippen LogP contribution in [-0.2, 0) is 4.79 Å². The van der Waals surface area contributed by atoms with E-state index in [1.165, 1.54) is 23.9 Å². The van der Waals surface area contributed by atoms with Gasteiger partial charge in [0.2, 0.25) is 0 Å². The van der Waals surface area contributed by atoms with Crippen molar-refractivity contribution in [1.29, 1.82) is 0 Å². The summed E-state index contributed by atoms with van der Waals surface area (Å²) in [6.45, 7) is 0. The number of thioether (sulfide) groups is 1. The van der Waals surface area contributed by atoms with Gasteiger partial charge >= 0.3 is 5.97 Å². The number of amidine groups is 1. The molecule has 31 heavy (non-hydrogen) atoms. The zero-order valence-corrected chi connectivity index (χ0v) is 17.0. The van der Waals surface area contributed by atoms with E-state index in [1.54, 1.807) is 43.5 Å². The summed E-state index contributed by atoms with van der Waals surface area (Å²) in [6.07, 6.45) is 1.58. The van der Waals surface area contributed by atoms with Crippen LogP contribution in [0.2, 0.25) is 0 Å². The van der Waals surface area contributed by atoms with E-state index in [2.05, 4.69) is 10.3 Å². The Labute approximate surface area is 180 Å². The number of hydrogen-bond donors (Lipinski definition) is 3. The molecule has 1 fully saturated rings. The number of carboxylic acid groups (broad SMARTS) is 1. The third kappa shape index (κ3) is 4.31. The third-order valence-electron chi connectivity index (χ3n) is 4.37. The number of nitrogens with one attached hydrogen (secondary N) is 1. The maximum absolute atomic E-state index is 12.3. The SMILES string of the molecule is COc1ccccc1N=C1NC(=O)/C(=C/c2ccc(-c3ccc(O)c(C(=O)O)c3)o2)S1. The number of hydrogen-bond acceptors (Lipinski definition) is 7. The number of carboxylic acids is 1. The predicted molar refractivity (Wildman–Crippen MR) is 117 cm³/mol. The second kappa shape index (κ2) is 8.41. The minimum absolute atomic E-state index is 0.225. The fourth-order valence-corrected chi connectivity index (χ4v) is 3.70. The average molecular weight is 436 g/mol. The minimum Gasteiger partial charge on any atom is -0.507 e. The summed E-state index contributed by atoms with van der Waals surface area (Å²) < 4.78 is 11.0. The molecule has 1 aliphatic rings. The van der Waals surface area contributed by atoms with Gasteiger partial charge in [-0.05, 0) is 54.2 Å². The fraction of sp³-hybridized carbons (Fsp3) is 0.0455. The van der Waals surface area contributed by atoms with E-state index < -0.39 is 5.97 Å². The van der Waals surface area contributed by atoms with Crippen LogP contribution < -0.4 is 10.1 Å². The fourth-order valence-electron chi connectivity index (χ4n) is 2.89. The van der Waals surface area contributed by atoms with E-state index in [9.17, 15) is 14.7 Å². The molecule has 9 heteroatoms. The van der Waals surface area contributed by atoms with E-state index >= 15 is 0 Å². The lowest BCUT2D eigenvalue weighted by atomic mass is 10.1. The lowest BCUT2D eigenvalue weighted by Gasteiger charge is -2.03. The molecular weight excluding hydrogens is 420 g/mol. The summed E-state index contributed by atoms with van der Waals surface area (Å²) in [5.74, 6) is -0.473. The van der Waals surface area contributed by atoms with Crippen LogP contribution in [0, 0.1) is 0 Å². The number of carbonyl (C=O) groups is 2. The standard InChI is InChI=1S/C22H16N2O6S/c1-29-18-5-3-2-4-15(18)23-22-24-20(26)19(31-22)11-13-7-9-17(30-13)12-6-8-16(25)14(10-12)21(27)28/h2-11,25H,1H3,(H,27,28)(H,23,24,26)/b19-11-. The van der Waals surface area contributed by atoms with Crippen LogP contribution in [0.3, 0.4) is 0 Å². The Kier molecular flexibility index (Phi) is 5.50. The maximum Gasteiger partial charge on any atom is 0.339 e. The predicted octanol–water partition coefficient (Wildman–Crippen LogP) is 4.25. The van der Waals surface area contributed by atoms with Crippen molar-refractivity contribution in [2.45, 2.75) is 0 Å². The van der Waals surface area contributed by atoms with Gasteiger partial charge in [0, 0.05) is 11.6 Å². The monoisotopic (exact) mass is 436 g/mol. The van der Waals surface area contributed by atoms with Crippen molar-refractivity contribution in [2.75, 3.05) is 7.11 Å². The smallest absolute Gasteiger partial charge is 0.339 e. The van der Waals surface area contributed by atoms with Crippen molar-refractivity contribution in [3.63, 3.8) is 0 Å². The molecule has 3 aromatic rings. The van der Waals surface area contributed by atoms with E-state index in [0.717, 1.165) is 0 Å². The lowest BCUT2D eigenvalue weighted by molar-refractivity contribution is -0.115. The van der Waals surface area contributed by atoms with Crippen LogP contribution in [0.15, 0.2) is 68.9 Å². The van der Waals surface area contributed by atoms with Gasteiger partial charge in [0.15, 0.2) is 5.17 Å². The summed E-state index contributed by atoms with van der Waals surface area (Å²) in [7, 11) is 1.55. The molecule has 0 unspecified atom stereocenters. The molecule has 8 nitrogen and oxygen atoms in total. The summed E-state index contributed by atoms with van der Waals surface area (Å²) in [4.78, 5) is 28.4. The number of ether oxygens (including phenoxy) is 1. The summed E-state index contributed by atoms with van der Waals surface area (Å²) in [5, 5.41) is 21.9. The number of aliphatic imine (C=N–C) groups is 1. The highest BCUT2D eigenvalue weighted by atomic mass is 32.2. The van der Waals surface area contributed by atoms with Crippen LogP contribution in [0.25, 0.3) is 17.4 Å². The molecule has 156 valence electrons. The number of carbonyl (C=O) groups excluding carboxylic acids is 1. The van der Waals surface area contributed by atoms with Gasteiger partial charge in [-0.2, -0.15) is 0 Å². The van der Waals surface area contributed by atoms with Crippen LogP contribution >= 0.6 is 11.8 Å². The van der Waals surface area contributed by atoms with Gasteiger partial charge < -0.3 is 24.7 Å². The van der Waals surface area contributed by atoms with Gasteiger partial charge in [0.25, 0.3) is 5.91 Å². The first-order chi connectivity index (χ1) is 14.9. The van der Waals surface area contributed by atoms with Crippen LogP contribution in [0.4, 0.5) is 5.69 Å². The Balaban J connectivity index is 1.57. The zero-order chi connectivity index (χ0) is 22.0. The third-order valence-corrected chi connectivity index (χ3v) is 5.28. The Morgan fingerprint density at radius 1 is 1.19 bits per heavy atom. The van der Waals surface area contributed by atoms with Crippen molar-refractivity contribution < 1.29 is 29.0 Å². The van der Waals surface area contributed by atoms with Crippen molar-refractivity contribution in [3.05, 3.63) is 70.8 Å². The molecule has 0 saturated carbocycles. The number of rotatable bonds is 5. The van der Waals surface area contributed by atoms with E-state index in [1.807, 2.05) is 12.1 Å². The van der Waals surface area contributed by atoms with Gasteiger partial charge in [-0.25, -0.2) is 9.79 Å². The molecule has 0 bridgehead atoms.